The Bertz CT molecular complexity index is 741. The van der Waals surface area contributed by atoms with Crippen LogP contribution in [0.2, 0.25) is 0 Å². The van der Waals surface area contributed by atoms with E-state index >= 15 is 0 Å². The largest absolute Gasteiger partial charge is 0.268 e. The molecular formula is C17H16N2O. The first-order valence-electron chi connectivity index (χ1n) is 6.85. The Balaban J connectivity index is 1.95. The Morgan fingerprint density at radius 3 is 2.60 bits per heavy atom. The van der Waals surface area contributed by atoms with E-state index in [2.05, 4.69) is 11.9 Å². The van der Waals surface area contributed by atoms with Gasteiger partial charge < -0.3 is 0 Å². The molecule has 20 heavy (non-hydrogen) atoms. The number of carbonyl (C=O) groups excluding carboxylic acids is 1. The Morgan fingerprint density at radius 1 is 1.10 bits per heavy atom. The summed E-state index contributed by atoms with van der Waals surface area (Å²) in [6.45, 7) is 2.15. The smallest absolute Gasteiger partial charge is 0.263 e. The maximum atomic E-state index is 12.5. The van der Waals surface area contributed by atoms with Crippen LogP contribution < -0.4 is 0 Å². The van der Waals surface area contributed by atoms with E-state index in [9.17, 15) is 4.79 Å². The van der Waals surface area contributed by atoms with Gasteiger partial charge in [-0.15, -0.1) is 0 Å². The van der Waals surface area contributed by atoms with E-state index in [1.54, 1.807) is 10.9 Å². The third kappa shape index (κ3) is 2.23. The van der Waals surface area contributed by atoms with E-state index in [1.165, 1.54) is 5.56 Å². The quantitative estimate of drug-likeness (QED) is 0.723. The number of aromatic nitrogens is 2. The van der Waals surface area contributed by atoms with Gasteiger partial charge in [0.25, 0.3) is 5.91 Å². The van der Waals surface area contributed by atoms with Gasteiger partial charge in [-0.25, -0.2) is 4.98 Å². The summed E-state index contributed by atoms with van der Waals surface area (Å²) in [7, 11) is 0. The Kier molecular flexibility index (Phi) is 3.33. The highest BCUT2D eigenvalue weighted by molar-refractivity contribution is 6.01. The van der Waals surface area contributed by atoms with Crippen LogP contribution in [-0.4, -0.2) is 15.5 Å². The fraction of sp³-hybridized carbons (Fsp3) is 0.176. The molecule has 0 aliphatic carbocycles. The summed E-state index contributed by atoms with van der Waals surface area (Å²) in [5.41, 5.74) is 3.63. The van der Waals surface area contributed by atoms with E-state index in [4.69, 9.17) is 0 Å². The lowest BCUT2D eigenvalue weighted by molar-refractivity contribution is 0.0964. The number of hydrogen-bond acceptors (Lipinski definition) is 2. The normalized spacial score (nSPS) is 10.8. The lowest BCUT2D eigenvalue weighted by Crippen LogP contribution is -2.10. The molecule has 100 valence electrons. The van der Waals surface area contributed by atoms with Crippen LogP contribution in [0.15, 0.2) is 54.9 Å². The summed E-state index contributed by atoms with van der Waals surface area (Å²) in [6, 6.07) is 15.5. The topological polar surface area (TPSA) is 34.9 Å². The molecule has 0 fully saturated rings. The third-order valence-electron chi connectivity index (χ3n) is 3.41. The summed E-state index contributed by atoms with van der Waals surface area (Å²) < 4.78 is 1.60. The summed E-state index contributed by atoms with van der Waals surface area (Å²) in [4.78, 5) is 16.8. The number of imidazole rings is 1. The number of hydrogen-bond donors (Lipinski definition) is 0. The zero-order valence-electron chi connectivity index (χ0n) is 11.4. The van der Waals surface area contributed by atoms with Crippen molar-refractivity contribution in [3.05, 3.63) is 66.0 Å². The molecule has 0 bridgehead atoms. The molecule has 3 aromatic rings. The molecular weight excluding hydrogens is 248 g/mol. The molecule has 0 atom stereocenters. The minimum atomic E-state index is -0.0400. The third-order valence-corrected chi connectivity index (χ3v) is 3.41. The number of benzene rings is 2. The Morgan fingerprint density at radius 2 is 1.85 bits per heavy atom. The number of aryl methyl sites for hydroxylation is 1. The van der Waals surface area contributed by atoms with E-state index < -0.39 is 0 Å². The van der Waals surface area contributed by atoms with E-state index in [0.29, 0.717) is 5.56 Å². The molecule has 0 spiro atoms. The zero-order chi connectivity index (χ0) is 13.9. The summed E-state index contributed by atoms with van der Waals surface area (Å²) in [5.74, 6) is -0.0400. The van der Waals surface area contributed by atoms with Gasteiger partial charge in [0.15, 0.2) is 0 Å². The Labute approximate surface area is 117 Å². The lowest BCUT2D eigenvalue weighted by Gasteiger charge is -2.04. The molecule has 1 aromatic heterocycles. The minimum Gasteiger partial charge on any atom is -0.268 e. The van der Waals surface area contributed by atoms with Crippen LogP contribution in [0.5, 0.6) is 0 Å². The molecule has 0 aliphatic rings. The molecule has 0 radical (unpaired) electrons. The monoisotopic (exact) mass is 264 g/mol. The highest BCUT2D eigenvalue weighted by Gasteiger charge is 2.11. The molecule has 3 nitrogen and oxygen atoms in total. The van der Waals surface area contributed by atoms with Gasteiger partial charge >= 0.3 is 0 Å². The predicted molar refractivity (Wildman–Crippen MR) is 79.9 cm³/mol. The molecule has 0 N–H and O–H groups in total. The number of para-hydroxylation sites is 2. The standard InChI is InChI=1S/C17H16N2O/c1-2-5-13-8-10-14(11-9-13)17(20)19-12-18-15-6-3-4-7-16(15)19/h3-4,6-12H,2,5H2,1H3. The van der Waals surface area contributed by atoms with Gasteiger partial charge in [-0.1, -0.05) is 37.6 Å². The van der Waals surface area contributed by atoms with Gasteiger partial charge in [0.2, 0.25) is 0 Å². The van der Waals surface area contributed by atoms with Gasteiger partial charge in [0, 0.05) is 5.56 Å². The van der Waals surface area contributed by atoms with E-state index in [-0.39, 0.29) is 5.91 Å². The van der Waals surface area contributed by atoms with Crippen molar-refractivity contribution in [2.45, 2.75) is 19.8 Å². The van der Waals surface area contributed by atoms with Crippen molar-refractivity contribution in [3.63, 3.8) is 0 Å². The van der Waals surface area contributed by atoms with Crippen molar-refractivity contribution >= 4 is 16.9 Å². The van der Waals surface area contributed by atoms with Gasteiger partial charge in [-0.3, -0.25) is 9.36 Å². The van der Waals surface area contributed by atoms with Crippen molar-refractivity contribution in [2.75, 3.05) is 0 Å². The van der Waals surface area contributed by atoms with Crippen molar-refractivity contribution in [2.24, 2.45) is 0 Å². The van der Waals surface area contributed by atoms with Crippen molar-refractivity contribution < 1.29 is 4.79 Å². The van der Waals surface area contributed by atoms with Crippen LogP contribution >= 0.6 is 0 Å². The summed E-state index contributed by atoms with van der Waals surface area (Å²) in [5, 5.41) is 0. The number of rotatable bonds is 3. The maximum absolute atomic E-state index is 12.5. The summed E-state index contributed by atoms with van der Waals surface area (Å²) in [6.07, 6.45) is 3.74. The molecule has 0 saturated carbocycles. The molecule has 0 aliphatic heterocycles. The minimum absolute atomic E-state index is 0.0400. The number of nitrogens with zero attached hydrogens (tertiary/aromatic N) is 2. The molecule has 3 heteroatoms. The van der Waals surface area contributed by atoms with Crippen molar-refractivity contribution in [3.8, 4) is 0 Å². The fourth-order valence-corrected chi connectivity index (χ4v) is 2.36. The number of carbonyl (C=O) groups is 1. The average molecular weight is 264 g/mol. The van der Waals surface area contributed by atoms with Gasteiger partial charge in [0.1, 0.15) is 6.33 Å². The average Bonchev–Trinajstić information content (AvgIpc) is 2.92. The zero-order valence-corrected chi connectivity index (χ0v) is 11.4. The highest BCUT2D eigenvalue weighted by atomic mass is 16.2. The second-order valence-corrected chi connectivity index (χ2v) is 4.86. The first kappa shape index (κ1) is 12.6. The van der Waals surface area contributed by atoms with Crippen LogP contribution in [0.4, 0.5) is 0 Å². The second-order valence-electron chi connectivity index (χ2n) is 4.86. The molecule has 1 heterocycles. The van der Waals surface area contributed by atoms with Crippen LogP contribution in [0, 0.1) is 0 Å². The maximum Gasteiger partial charge on any atom is 0.263 e. The molecule has 2 aromatic carbocycles. The van der Waals surface area contributed by atoms with Crippen LogP contribution in [0.25, 0.3) is 11.0 Å². The number of fused-ring (bicyclic) bond motifs is 1. The van der Waals surface area contributed by atoms with Gasteiger partial charge in [-0.2, -0.15) is 0 Å². The lowest BCUT2D eigenvalue weighted by atomic mass is 10.1. The molecule has 0 saturated heterocycles. The van der Waals surface area contributed by atoms with E-state index in [1.807, 2.05) is 48.5 Å². The van der Waals surface area contributed by atoms with Crippen molar-refractivity contribution in [1.29, 1.82) is 0 Å². The predicted octanol–water partition coefficient (Wildman–Crippen LogP) is 3.68. The van der Waals surface area contributed by atoms with Gasteiger partial charge in [-0.05, 0) is 36.2 Å². The first-order chi connectivity index (χ1) is 9.79. The molecule has 0 unspecified atom stereocenters. The fourth-order valence-electron chi connectivity index (χ4n) is 2.36. The van der Waals surface area contributed by atoms with E-state index in [0.717, 1.165) is 23.9 Å². The Hall–Kier alpha value is -2.42. The highest BCUT2D eigenvalue weighted by Crippen LogP contribution is 2.15. The van der Waals surface area contributed by atoms with Crippen LogP contribution in [0.3, 0.4) is 0 Å². The van der Waals surface area contributed by atoms with Crippen molar-refractivity contribution in [1.82, 2.24) is 9.55 Å². The van der Waals surface area contributed by atoms with Crippen LogP contribution in [0.1, 0.15) is 29.3 Å². The molecule has 3 rings (SSSR count). The summed E-state index contributed by atoms with van der Waals surface area (Å²) >= 11 is 0. The second kappa shape index (κ2) is 5.29. The SMILES string of the molecule is CCCc1ccc(C(=O)n2cnc3ccccc32)cc1. The molecule has 0 amide bonds. The van der Waals surface area contributed by atoms with Gasteiger partial charge in [0.05, 0.1) is 11.0 Å². The van der Waals surface area contributed by atoms with Crippen LogP contribution in [-0.2, 0) is 6.42 Å². The first-order valence-corrected chi connectivity index (χ1v) is 6.85.